The van der Waals surface area contributed by atoms with Crippen LogP contribution in [0.15, 0.2) is 35.3 Å². The Balaban J connectivity index is 0.00000338. The smallest absolute Gasteiger partial charge is 0.244 e. The maximum absolute atomic E-state index is 12.1. The third kappa shape index (κ3) is 8.87. The third-order valence-electron chi connectivity index (χ3n) is 4.45. The molecular weight excluding hydrogens is 439 g/mol. The molecule has 26 heavy (non-hydrogen) atoms. The molecule has 1 heterocycles. The van der Waals surface area contributed by atoms with Crippen molar-refractivity contribution in [3.8, 4) is 0 Å². The molecule has 6 heteroatoms. The minimum atomic E-state index is 0. The number of carbonyl (C=O) groups excluding carboxylic acids is 1. The molecule has 2 N–H and O–H groups in total. The first-order chi connectivity index (χ1) is 12.3. The predicted molar refractivity (Wildman–Crippen MR) is 119 cm³/mol. The molecular formula is C20H33IN4O. The fourth-order valence-electron chi connectivity index (χ4n) is 3.04. The predicted octanol–water partition coefficient (Wildman–Crippen LogP) is 3.19. The molecule has 1 amide bonds. The van der Waals surface area contributed by atoms with Gasteiger partial charge in [0.15, 0.2) is 5.96 Å². The molecule has 0 bridgehead atoms. The Kier molecular flexibility index (Phi) is 12.1. The van der Waals surface area contributed by atoms with Crippen LogP contribution in [0.5, 0.6) is 0 Å². The number of hydrogen-bond donors (Lipinski definition) is 2. The summed E-state index contributed by atoms with van der Waals surface area (Å²) >= 11 is 0. The standard InChI is InChI=1S/C20H32N4O.HI/c1-2-21-20(23-17-19(25)24-15-9-10-16-24)22-14-8-4-7-13-18-11-5-3-6-12-18;/h3,5-6,11-12H,2,4,7-10,13-17H2,1H3,(H2,21,22,23);1H. The van der Waals surface area contributed by atoms with Crippen LogP contribution in [0.1, 0.15) is 44.6 Å². The first-order valence-corrected chi connectivity index (χ1v) is 9.63. The van der Waals surface area contributed by atoms with Crippen molar-refractivity contribution in [1.82, 2.24) is 15.5 Å². The maximum Gasteiger partial charge on any atom is 0.244 e. The van der Waals surface area contributed by atoms with E-state index in [2.05, 4.69) is 46.0 Å². The van der Waals surface area contributed by atoms with Crippen LogP contribution in [0.2, 0.25) is 0 Å². The maximum atomic E-state index is 12.1. The molecule has 1 saturated heterocycles. The lowest BCUT2D eigenvalue weighted by atomic mass is 10.1. The molecule has 0 radical (unpaired) electrons. The molecule has 1 aliphatic rings. The van der Waals surface area contributed by atoms with Crippen molar-refractivity contribution in [2.45, 2.75) is 45.4 Å². The van der Waals surface area contributed by atoms with E-state index < -0.39 is 0 Å². The zero-order chi connectivity index (χ0) is 17.7. The highest BCUT2D eigenvalue weighted by Gasteiger charge is 2.17. The van der Waals surface area contributed by atoms with E-state index in [4.69, 9.17) is 0 Å². The van der Waals surface area contributed by atoms with E-state index >= 15 is 0 Å². The SMILES string of the molecule is CCNC(=NCC(=O)N1CCCC1)NCCCCCc1ccccc1.I. The van der Waals surface area contributed by atoms with Gasteiger partial charge in [-0.15, -0.1) is 24.0 Å². The lowest BCUT2D eigenvalue weighted by Gasteiger charge is -2.15. The fourth-order valence-corrected chi connectivity index (χ4v) is 3.04. The van der Waals surface area contributed by atoms with Crippen LogP contribution < -0.4 is 10.6 Å². The van der Waals surface area contributed by atoms with Gasteiger partial charge in [-0.3, -0.25) is 4.79 Å². The number of carbonyl (C=O) groups is 1. The van der Waals surface area contributed by atoms with Gasteiger partial charge in [-0.05, 0) is 44.6 Å². The lowest BCUT2D eigenvalue weighted by molar-refractivity contribution is -0.128. The number of rotatable bonds is 9. The number of benzene rings is 1. The summed E-state index contributed by atoms with van der Waals surface area (Å²) in [5, 5.41) is 6.55. The molecule has 0 aliphatic carbocycles. The molecule has 0 saturated carbocycles. The van der Waals surface area contributed by atoms with Gasteiger partial charge in [0, 0.05) is 26.2 Å². The summed E-state index contributed by atoms with van der Waals surface area (Å²) in [6, 6.07) is 10.6. The molecule has 0 aromatic heterocycles. The lowest BCUT2D eigenvalue weighted by Crippen LogP contribution is -2.39. The number of likely N-dealkylation sites (tertiary alicyclic amines) is 1. The summed E-state index contributed by atoms with van der Waals surface area (Å²) in [6.45, 7) is 5.75. The highest BCUT2D eigenvalue weighted by Crippen LogP contribution is 2.07. The summed E-state index contributed by atoms with van der Waals surface area (Å²) in [5.74, 6) is 0.885. The van der Waals surface area contributed by atoms with E-state index in [0.717, 1.165) is 57.8 Å². The number of aryl methyl sites for hydroxylation is 1. The van der Waals surface area contributed by atoms with Crippen molar-refractivity contribution in [2.24, 2.45) is 4.99 Å². The Labute approximate surface area is 175 Å². The summed E-state index contributed by atoms with van der Waals surface area (Å²) in [7, 11) is 0. The van der Waals surface area contributed by atoms with Gasteiger partial charge < -0.3 is 15.5 Å². The summed E-state index contributed by atoms with van der Waals surface area (Å²) in [5.41, 5.74) is 1.41. The second-order valence-electron chi connectivity index (χ2n) is 6.51. The molecule has 0 atom stereocenters. The molecule has 0 unspecified atom stereocenters. The van der Waals surface area contributed by atoms with E-state index in [1.165, 1.54) is 18.4 Å². The Morgan fingerprint density at radius 3 is 2.50 bits per heavy atom. The second kappa shape index (κ2) is 13.8. The van der Waals surface area contributed by atoms with Crippen molar-refractivity contribution in [3.05, 3.63) is 35.9 Å². The van der Waals surface area contributed by atoms with E-state index in [0.29, 0.717) is 0 Å². The number of guanidine groups is 1. The van der Waals surface area contributed by atoms with Crippen LogP contribution in [0.25, 0.3) is 0 Å². The van der Waals surface area contributed by atoms with E-state index in [1.54, 1.807) is 0 Å². The number of hydrogen-bond acceptors (Lipinski definition) is 2. The summed E-state index contributed by atoms with van der Waals surface area (Å²) < 4.78 is 0. The number of nitrogens with zero attached hydrogens (tertiary/aromatic N) is 2. The van der Waals surface area contributed by atoms with Gasteiger partial charge in [-0.2, -0.15) is 0 Å². The van der Waals surface area contributed by atoms with Crippen LogP contribution in [0, 0.1) is 0 Å². The first kappa shape index (κ1) is 22.7. The van der Waals surface area contributed by atoms with E-state index in [9.17, 15) is 4.79 Å². The quantitative estimate of drug-likeness (QED) is 0.251. The topological polar surface area (TPSA) is 56.7 Å². The van der Waals surface area contributed by atoms with Crippen molar-refractivity contribution in [2.75, 3.05) is 32.7 Å². The fraction of sp³-hybridized carbons (Fsp3) is 0.600. The molecule has 5 nitrogen and oxygen atoms in total. The largest absolute Gasteiger partial charge is 0.357 e. The van der Waals surface area contributed by atoms with Crippen LogP contribution in [0.3, 0.4) is 0 Å². The molecule has 1 aromatic carbocycles. The Morgan fingerprint density at radius 1 is 1.08 bits per heavy atom. The van der Waals surface area contributed by atoms with Gasteiger partial charge in [0.05, 0.1) is 0 Å². The molecule has 1 fully saturated rings. The number of nitrogens with one attached hydrogen (secondary N) is 2. The van der Waals surface area contributed by atoms with Crippen LogP contribution >= 0.6 is 24.0 Å². The normalized spacial score (nSPS) is 14.0. The first-order valence-electron chi connectivity index (χ1n) is 9.63. The summed E-state index contributed by atoms with van der Waals surface area (Å²) in [4.78, 5) is 18.4. The second-order valence-corrected chi connectivity index (χ2v) is 6.51. The highest BCUT2D eigenvalue weighted by atomic mass is 127. The van der Waals surface area contributed by atoms with Gasteiger partial charge in [-0.25, -0.2) is 4.99 Å². The van der Waals surface area contributed by atoms with E-state index in [-0.39, 0.29) is 36.4 Å². The minimum Gasteiger partial charge on any atom is -0.357 e. The van der Waals surface area contributed by atoms with Crippen molar-refractivity contribution in [3.63, 3.8) is 0 Å². The van der Waals surface area contributed by atoms with Crippen LogP contribution in [-0.4, -0.2) is 49.5 Å². The zero-order valence-corrected chi connectivity index (χ0v) is 18.2. The van der Waals surface area contributed by atoms with Crippen molar-refractivity contribution in [1.29, 1.82) is 0 Å². The van der Waals surface area contributed by atoms with E-state index in [1.807, 2.05) is 11.8 Å². The minimum absolute atomic E-state index is 0. The Hall–Kier alpha value is -1.31. The van der Waals surface area contributed by atoms with Crippen LogP contribution in [-0.2, 0) is 11.2 Å². The number of aliphatic imine (C=N–C) groups is 1. The Morgan fingerprint density at radius 2 is 1.81 bits per heavy atom. The molecule has 1 aromatic rings. The summed E-state index contributed by atoms with van der Waals surface area (Å²) in [6.07, 6.45) is 6.88. The average Bonchev–Trinajstić information content (AvgIpc) is 3.18. The third-order valence-corrected chi connectivity index (χ3v) is 4.45. The van der Waals surface area contributed by atoms with Gasteiger partial charge in [-0.1, -0.05) is 36.8 Å². The monoisotopic (exact) mass is 472 g/mol. The van der Waals surface area contributed by atoms with Crippen molar-refractivity contribution >= 4 is 35.8 Å². The highest BCUT2D eigenvalue weighted by molar-refractivity contribution is 14.0. The zero-order valence-electron chi connectivity index (χ0n) is 15.9. The van der Waals surface area contributed by atoms with Gasteiger partial charge in [0.1, 0.15) is 6.54 Å². The van der Waals surface area contributed by atoms with Gasteiger partial charge in [0.25, 0.3) is 0 Å². The molecule has 146 valence electrons. The van der Waals surface area contributed by atoms with Crippen molar-refractivity contribution < 1.29 is 4.79 Å². The van der Waals surface area contributed by atoms with Gasteiger partial charge >= 0.3 is 0 Å². The molecule has 1 aliphatic heterocycles. The van der Waals surface area contributed by atoms with Crippen LogP contribution in [0.4, 0.5) is 0 Å². The molecule has 0 spiro atoms. The Bertz CT molecular complexity index is 530. The van der Waals surface area contributed by atoms with Gasteiger partial charge in [0.2, 0.25) is 5.91 Å². The average molecular weight is 472 g/mol. The number of unbranched alkanes of at least 4 members (excludes halogenated alkanes) is 2. The number of amides is 1. The number of halogens is 1. The molecule has 2 rings (SSSR count).